The molecule has 0 saturated heterocycles. The Bertz CT molecular complexity index is 227. The Balaban J connectivity index is 3.08. The van der Waals surface area contributed by atoms with Crippen molar-refractivity contribution in [1.29, 1.82) is 0 Å². The number of unbranched alkanes of at least 4 members (excludes halogenated alkanes) is 8. The van der Waals surface area contributed by atoms with Crippen LogP contribution in [-0.4, -0.2) is 18.6 Å². The van der Waals surface area contributed by atoms with Crippen molar-refractivity contribution < 1.29 is 13.5 Å². The van der Waals surface area contributed by atoms with E-state index in [4.69, 9.17) is 16.3 Å². The van der Waals surface area contributed by atoms with Crippen LogP contribution < -0.4 is 0 Å². The van der Waals surface area contributed by atoms with Crippen molar-refractivity contribution in [2.24, 2.45) is 0 Å². The number of allylic oxidation sites excluding steroid dienone is 2. The lowest BCUT2D eigenvalue weighted by molar-refractivity contribution is 0.127. The van der Waals surface area contributed by atoms with E-state index < -0.39 is 5.38 Å². The second kappa shape index (κ2) is 13.8. The maximum absolute atomic E-state index is 12.2. The van der Waals surface area contributed by atoms with Gasteiger partial charge in [-0.25, -0.2) is 0 Å². The van der Waals surface area contributed by atoms with Gasteiger partial charge >= 0.3 is 5.38 Å². The lowest BCUT2D eigenvalue weighted by Crippen LogP contribution is -1.98. The van der Waals surface area contributed by atoms with E-state index in [0.717, 1.165) is 45.0 Å². The predicted molar refractivity (Wildman–Crippen MR) is 82.6 cm³/mol. The molecule has 0 fully saturated rings. The van der Waals surface area contributed by atoms with E-state index in [1.807, 2.05) is 0 Å². The quantitative estimate of drug-likeness (QED) is 0.207. The van der Waals surface area contributed by atoms with Crippen LogP contribution in [0.2, 0.25) is 0 Å². The zero-order valence-corrected chi connectivity index (χ0v) is 13.4. The van der Waals surface area contributed by atoms with Crippen LogP contribution in [0.4, 0.5) is 8.78 Å². The van der Waals surface area contributed by atoms with Gasteiger partial charge in [-0.3, -0.25) is 0 Å². The van der Waals surface area contributed by atoms with Gasteiger partial charge in [-0.1, -0.05) is 51.5 Å². The molecule has 0 aromatic carbocycles. The molecule has 1 nitrogen and oxygen atoms in total. The molecule has 0 aliphatic rings. The van der Waals surface area contributed by atoms with Crippen molar-refractivity contribution in [2.45, 2.75) is 76.5 Å². The van der Waals surface area contributed by atoms with Crippen molar-refractivity contribution in [3.05, 3.63) is 12.2 Å². The van der Waals surface area contributed by atoms with Gasteiger partial charge in [-0.2, -0.15) is 8.78 Å². The highest BCUT2D eigenvalue weighted by atomic mass is 35.5. The fourth-order valence-corrected chi connectivity index (χ4v) is 2.00. The summed E-state index contributed by atoms with van der Waals surface area (Å²) in [6.45, 7) is 3.95. The summed E-state index contributed by atoms with van der Waals surface area (Å²) in [5, 5.41) is -3.18. The van der Waals surface area contributed by atoms with Crippen molar-refractivity contribution >= 4 is 11.6 Å². The second-order valence-corrected chi connectivity index (χ2v) is 5.68. The standard InChI is InChI=1S/C16H29ClF2O/c1-2-3-14-20-15-12-10-8-6-4-5-7-9-11-13-16(17,18)19/h11,13H,2-10,12,14-15H2,1H3. The Hall–Kier alpha value is -0.150. The monoisotopic (exact) mass is 310 g/mol. The van der Waals surface area contributed by atoms with Crippen LogP contribution in [-0.2, 0) is 4.74 Å². The molecule has 0 aliphatic carbocycles. The Morgan fingerprint density at radius 3 is 2.05 bits per heavy atom. The minimum absolute atomic E-state index is 0.688. The van der Waals surface area contributed by atoms with E-state index >= 15 is 0 Å². The summed E-state index contributed by atoms with van der Waals surface area (Å²) < 4.78 is 30.0. The first-order chi connectivity index (χ1) is 9.56. The lowest BCUT2D eigenvalue weighted by Gasteiger charge is -2.03. The van der Waals surface area contributed by atoms with Crippen LogP contribution in [0.25, 0.3) is 0 Å². The molecule has 0 aliphatic heterocycles. The van der Waals surface area contributed by atoms with Gasteiger partial charge in [0.05, 0.1) is 0 Å². The Morgan fingerprint density at radius 1 is 0.900 bits per heavy atom. The van der Waals surface area contributed by atoms with Crippen LogP contribution in [0.15, 0.2) is 12.2 Å². The molecule has 0 atom stereocenters. The first-order valence-corrected chi connectivity index (χ1v) is 8.26. The molecule has 0 unspecified atom stereocenters. The SMILES string of the molecule is CCCCOCCCCCCCCCC=CC(F)(F)Cl. The summed E-state index contributed by atoms with van der Waals surface area (Å²) >= 11 is 4.75. The fraction of sp³-hybridized carbons (Fsp3) is 0.875. The van der Waals surface area contributed by atoms with Crippen molar-refractivity contribution in [2.75, 3.05) is 13.2 Å². The number of halogens is 3. The van der Waals surface area contributed by atoms with Gasteiger partial charge in [-0.15, -0.1) is 0 Å². The molecule has 0 heterocycles. The topological polar surface area (TPSA) is 9.23 Å². The van der Waals surface area contributed by atoms with E-state index in [0.29, 0.717) is 6.42 Å². The molecule has 20 heavy (non-hydrogen) atoms. The van der Waals surface area contributed by atoms with Gasteiger partial charge in [0.15, 0.2) is 0 Å². The largest absolute Gasteiger partial charge is 0.381 e. The van der Waals surface area contributed by atoms with E-state index in [-0.39, 0.29) is 0 Å². The third-order valence-corrected chi connectivity index (χ3v) is 3.23. The van der Waals surface area contributed by atoms with Gasteiger partial charge in [0.2, 0.25) is 0 Å². The minimum Gasteiger partial charge on any atom is -0.381 e. The Labute approximate surface area is 127 Å². The first-order valence-electron chi connectivity index (χ1n) is 7.88. The summed E-state index contributed by atoms with van der Waals surface area (Å²) in [4.78, 5) is 0. The molecule has 0 saturated carbocycles. The number of hydrogen-bond acceptors (Lipinski definition) is 1. The van der Waals surface area contributed by atoms with Crippen molar-refractivity contribution in [3.63, 3.8) is 0 Å². The number of alkyl halides is 3. The lowest BCUT2D eigenvalue weighted by atomic mass is 10.1. The molecule has 0 rings (SSSR count). The van der Waals surface area contributed by atoms with Crippen molar-refractivity contribution in [1.82, 2.24) is 0 Å². The fourth-order valence-electron chi connectivity index (χ4n) is 1.92. The first kappa shape index (κ1) is 19.9. The molecule has 0 aromatic heterocycles. The summed E-state index contributed by atoms with van der Waals surface area (Å²) in [5.74, 6) is 0. The van der Waals surface area contributed by atoms with E-state index in [1.165, 1.54) is 38.2 Å². The van der Waals surface area contributed by atoms with Gasteiger partial charge in [0.25, 0.3) is 0 Å². The summed E-state index contributed by atoms with van der Waals surface area (Å²) in [7, 11) is 0. The van der Waals surface area contributed by atoms with Crippen LogP contribution in [0.1, 0.15) is 71.1 Å². The Morgan fingerprint density at radius 2 is 1.45 bits per heavy atom. The molecular weight excluding hydrogens is 282 g/mol. The van der Waals surface area contributed by atoms with Gasteiger partial charge < -0.3 is 4.74 Å². The molecule has 0 spiro atoms. The number of ether oxygens (including phenoxy) is 1. The zero-order chi connectivity index (χ0) is 15.1. The highest BCUT2D eigenvalue weighted by Crippen LogP contribution is 2.20. The van der Waals surface area contributed by atoms with Crippen LogP contribution in [0, 0.1) is 0 Å². The summed E-state index contributed by atoms with van der Waals surface area (Å²) in [6.07, 6.45) is 13.4. The number of rotatable bonds is 14. The van der Waals surface area contributed by atoms with Crippen LogP contribution in [0.5, 0.6) is 0 Å². The summed E-state index contributed by atoms with van der Waals surface area (Å²) in [6, 6.07) is 0. The average molecular weight is 311 g/mol. The van der Waals surface area contributed by atoms with Gasteiger partial charge in [0.1, 0.15) is 0 Å². The molecule has 0 bridgehead atoms. The van der Waals surface area contributed by atoms with Crippen LogP contribution in [0.3, 0.4) is 0 Å². The highest BCUT2D eigenvalue weighted by Gasteiger charge is 2.18. The maximum Gasteiger partial charge on any atom is 0.341 e. The third-order valence-electron chi connectivity index (χ3n) is 3.11. The number of hydrogen-bond donors (Lipinski definition) is 0. The molecule has 0 radical (unpaired) electrons. The third kappa shape index (κ3) is 17.8. The molecule has 0 amide bonds. The molecule has 120 valence electrons. The smallest absolute Gasteiger partial charge is 0.341 e. The molecule has 0 N–H and O–H groups in total. The summed E-state index contributed by atoms with van der Waals surface area (Å²) in [5.41, 5.74) is 0. The Kier molecular flexibility index (Phi) is 13.7. The van der Waals surface area contributed by atoms with Gasteiger partial charge in [-0.05, 0) is 43.4 Å². The predicted octanol–water partition coefficient (Wildman–Crippen LogP) is 6.31. The van der Waals surface area contributed by atoms with Crippen LogP contribution >= 0.6 is 11.6 Å². The molecule has 4 heteroatoms. The van der Waals surface area contributed by atoms with E-state index in [2.05, 4.69) is 6.92 Å². The second-order valence-electron chi connectivity index (χ2n) is 5.17. The normalized spacial score (nSPS) is 12.4. The molecule has 0 aromatic rings. The minimum atomic E-state index is -3.18. The van der Waals surface area contributed by atoms with Gasteiger partial charge in [0, 0.05) is 13.2 Å². The average Bonchev–Trinajstić information content (AvgIpc) is 2.38. The maximum atomic E-state index is 12.2. The highest BCUT2D eigenvalue weighted by molar-refractivity contribution is 6.22. The van der Waals surface area contributed by atoms with Crippen molar-refractivity contribution in [3.8, 4) is 0 Å². The zero-order valence-electron chi connectivity index (χ0n) is 12.7. The van der Waals surface area contributed by atoms with E-state index in [1.54, 1.807) is 0 Å². The van der Waals surface area contributed by atoms with E-state index in [9.17, 15) is 8.78 Å². The molecular formula is C16H29ClF2O.